The summed E-state index contributed by atoms with van der Waals surface area (Å²) < 4.78 is 0. The summed E-state index contributed by atoms with van der Waals surface area (Å²) in [5, 5.41) is 0. The molecule has 0 saturated carbocycles. The fraction of sp³-hybridized carbons (Fsp3) is 0.372. The van der Waals surface area contributed by atoms with E-state index in [-0.39, 0.29) is 17.9 Å². The van der Waals surface area contributed by atoms with Crippen LogP contribution in [0.4, 0.5) is 5.69 Å². The zero-order chi connectivity index (χ0) is 33.3. The van der Waals surface area contributed by atoms with Crippen molar-refractivity contribution < 1.29 is 4.79 Å². The number of carbonyl (C=O) groups excluding carboxylic acids is 1. The predicted octanol–water partition coefficient (Wildman–Crippen LogP) is 11.6. The van der Waals surface area contributed by atoms with E-state index in [4.69, 9.17) is 0 Å². The van der Waals surface area contributed by atoms with E-state index in [1.807, 2.05) is 22.7 Å². The van der Waals surface area contributed by atoms with Gasteiger partial charge in [0.05, 0.1) is 12.0 Å². The molecule has 3 unspecified atom stereocenters. The van der Waals surface area contributed by atoms with E-state index >= 15 is 0 Å². The van der Waals surface area contributed by atoms with Crippen LogP contribution in [0.3, 0.4) is 0 Å². The Labute approximate surface area is 284 Å². The van der Waals surface area contributed by atoms with E-state index in [9.17, 15) is 4.79 Å². The summed E-state index contributed by atoms with van der Waals surface area (Å²) in [6, 6.07) is 26.0. The molecule has 3 heteroatoms. The lowest BCUT2D eigenvalue weighted by Gasteiger charge is -2.48. The molecule has 1 heterocycles. The van der Waals surface area contributed by atoms with Gasteiger partial charge in [0.25, 0.3) is 0 Å². The summed E-state index contributed by atoms with van der Waals surface area (Å²) >= 11 is 1.91. The van der Waals surface area contributed by atoms with Gasteiger partial charge in [-0.1, -0.05) is 98.0 Å². The van der Waals surface area contributed by atoms with Crippen molar-refractivity contribution in [3.8, 4) is 11.8 Å². The summed E-state index contributed by atoms with van der Waals surface area (Å²) in [5.41, 5.74) is 6.99. The average molecular weight is 632 g/mol. The third-order valence-corrected chi connectivity index (χ3v) is 9.54. The second-order valence-corrected chi connectivity index (χ2v) is 13.2. The summed E-state index contributed by atoms with van der Waals surface area (Å²) in [5.74, 6) is 8.85. The number of carbonyl (C=O) groups is 1. The maximum absolute atomic E-state index is 13.8. The van der Waals surface area contributed by atoms with Crippen LogP contribution in [-0.4, -0.2) is 17.9 Å². The van der Waals surface area contributed by atoms with Crippen LogP contribution >= 0.6 is 11.8 Å². The van der Waals surface area contributed by atoms with Crippen molar-refractivity contribution in [2.45, 2.75) is 77.7 Å². The molecule has 3 aromatic carbocycles. The minimum Gasteiger partial charge on any atom is -0.304 e. The summed E-state index contributed by atoms with van der Waals surface area (Å²) in [6.45, 7) is 16.4. The molecular formula is C43H53NOS. The highest BCUT2D eigenvalue weighted by Crippen LogP contribution is 2.46. The lowest BCUT2D eigenvalue weighted by Crippen LogP contribution is -2.55. The molecule has 2 nitrogen and oxygen atoms in total. The van der Waals surface area contributed by atoms with E-state index in [1.165, 1.54) is 40.8 Å². The molecule has 46 heavy (non-hydrogen) atoms. The number of thioether (sulfide) groups is 1. The minimum absolute atomic E-state index is 0.0265. The molecule has 1 aliphatic heterocycles. The van der Waals surface area contributed by atoms with E-state index in [0.29, 0.717) is 11.8 Å². The van der Waals surface area contributed by atoms with Crippen molar-refractivity contribution in [1.29, 1.82) is 0 Å². The van der Waals surface area contributed by atoms with Gasteiger partial charge in [-0.25, -0.2) is 0 Å². The Morgan fingerprint density at radius 1 is 0.978 bits per heavy atom. The van der Waals surface area contributed by atoms with Crippen molar-refractivity contribution >= 4 is 29.4 Å². The third-order valence-electron chi connectivity index (χ3n) is 8.84. The van der Waals surface area contributed by atoms with Crippen molar-refractivity contribution in [2.75, 3.05) is 16.9 Å². The average Bonchev–Trinajstić information content (AvgIpc) is 3.09. The van der Waals surface area contributed by atoms with Gasteiger partial charge in [0.15, 0.2) is 0 Å². The van der Waals surface area contributed by atoms with E-state index in [2.05, 4.69) is 144 Å². The van der Waals surface area contributed by atoms with Crippen LogP contribution in [0, 0.1) is 30.6 Å². The first-order valence-corrected chi connectivity index (χ1v) is 18.2. The van der Waals surface area contributed by atoms with Crippen LogP contribution in [0.15, 0.2) is 105 Å². The number of benzene rings is 3. The molecule has 1 fully saturated rings. The number of amides is 1. The minimum atomic E-state index is -0.0271. The van der Waals surface area contributed by atoms with E-state index in [1.54, 1.807) is 0 Å². The first-order valence-electron chi connectivity index (χ1n) is 16.8. The zero-order valence-electron chi connectivity index (χ0n) is 28.5. The smallest absolute Gasteiger partial charge is 0.233 e. The maximum Gasteiger partial charge on any atom is 0.233 e. The van der Waals surface area contributed by atoms with Crippen LogP contribution in [0.5, 0.6) is 0 Å². The Hall–Kier alpha value is -3.74. The topological polar surface area (TPSA) is 20.3 Å². The molecule has 0 radical (unpaired) electrons. The van der Waals surface area contributed by atoms with Gasteiger partial charge >= 0.3 is 0 Å². The summed E-state index contributed by atoms with van der Waals surface area (Å²) in [6.07, 6.45) is 15.9. The van der Waals surface area contributed by atoms with Crippen molar-refractivity contribution in [1.82, 2.24) is 0 Å². The molecule has 0 aliphatic carbocycles. The number of hydrogen-bond acceptors (Lipinski definition) is 2. The fourth-order valence-electron chi connectivity index (χ4n) is 5.96. The molecule has 0 bridgehead atoms. The van der Waals surface area contributed by atoms with Crippen LogP contribution in [0.25, 0.3) is 6.08 Å². The number of anilines is 1. The van der Waals surface area contributed by atoms with Gasteiger partial charge in [-0.2, -0.15) is 11.8 Å². The van der Waals surface area contributed by atoms with Gasteiger partial charge in [-0.05, 0) is 110 Å². The quantitative estimate of drug-likeness (QED) is 0.0720. The summed E-state index contributed by atoms with van der Waals surface area (Å²) in [7, 11) is 0. The first kappa shape index (κ1) is 36.7. The Morgan fingerprint density at radius 3 is 2.30 bits per heavy atom. The van der Waals surface area contributed by atoms with Gasteiger partial charge in [-0.15, -0.1) is 19.7 Å². The molecule has 0 N–H and O–H groups in total. The van der Waals surface area contributed by atoms with Gasteiger partial charge in [0.1, 0.15) is 0 Å². The number of allylic oxidation sites excluding steroid dienone is 2. The molecule has 4 atom stereocenters. The van der Waals surface area contributed by atoms with Gasteiger partial charge < -0.3 is 4.90 Å². The highest BCUT2D eigenvalue weighted by Gasteiger charge is 2.48. The Morgan fingerprint density at radius 2 is 1.67 bits per heavy atom. The largest absolute Gasteiger partial charge is 0.304 e. The summed E-state index contributed by atoms with van der Waals surface area (Å²) in [4.78, 5) is 15.8. The fourth-order valence-corrected chi connectivity index (χ4v) is 6.45. The Balaban J connectivity index is 0.00000282. The second-order valence-electron chi connectivity index (χ2n) is 12.2. The van der Waals surface area contributed by atoms with Crippen molar-refractivity contribution in [3.63, 3.8) is 0 Å². The Kier molecular flexibility index (Phi) is 15.7. The molecule has 1 saturated heterocycles. The lowest BCUT2D eigenvalue weighted by atomic mass is 9.76. The van der Waals surface area contributed by atoms with E-state index < -0.39 is 0 Å². The first-order chi connectivity index (χ1) is 22.4. The molecule has 1 aliphatic rings. The monoisotopic (exact) mass is 631 g/mol. The molecule has 3 aromatic rings. The van der Waals surface area contributed by atoms with Crippen molar-refractivity contribution in [3.05, 3.63) is 133 Å². The van der Waals surface area contributed by atoms with Crippen LogP contribution in [-0.2, 0) is 4.79 Å². The van der Waals surface area contributed by atoms with Gasteiger partial charge in [-0.3, -0.25) is 4.79 Å². The maximum atomic E-state index is 13.8. The van der Waals surface area contributed by atoms with E-state index in [0.717, 1.165) is 43.4 Å². The molecule has 0 aromatic heterocycles. The molecule has 1 amide bonds. The zero-order valence-corrected chi connectivity index (χ0v) is 29.3. The number of hydrogen-bond donors (Lipinski definition) is 0. The molecular weight excluding hydrogens is 579 g/mol. The standard InChI is InChI=1S/C41H49NOS.C2H4/c1-6-31(3)13-12-15-34-18-24-37(25-19-34)40-39(29-26-35(7-2)36-22-16-32(4)17-23-36)41(43)42(40)38-27-20-33(21-28-38)14-10-8-9-11-30-44-5;1-2/h6,10,14,16-25,27-28,31,35,39-40H,1,7-9,11,13,26,29-30H2,2-5H3;1-2H2/b14-10+;/t31?,35?,39-,40?;/m1./s1. The molecule has 4 rings (SSSR count). The van der Waals surface area contributed by atoms with Crippen LogP contribution < -0.4 is 4.90 Å². The predicted molar refractivity (Wildman–Crippen MR) is 203 cm³/mol. The lowest BCUT2D eigenvalue weighted by molar-refractivity contribution is -0.130. The second kappa shape index (κ2) is 19.7. The van der Waals surface area contributed by atoms with Gasteiger partial charge in [0.2, 0.25) is 5.91 Å². The highest BCUT2D eigenvalue weighted by atomic mass is 32.2. The normalized spacial score (nSPS) is 16.9. The Bertz CT molecular complexity index is 1440. The van der Waals surface area contributed by atoms with Crippen molar-refractivity contribution in [2.24, 2.45) is 11.8 Å². The van der Waals surface area contributed by atoms with Crippen LogP contribution in [0.2, 0.25) is 0 Å². The molecule has 242 valence electrons. The molecule has 0 spiro atoms. The number of aryl methyl sites for hydroxylation is 1. The number of unbranched alkanes of at least 4 members (excludes halogenated alkanes) is 2. The number of β-lactam (4-membered cyclic amide) rings is 1. The van der Waals surface area contributed by atoms with Gasteiger partial charge in [0, 0.05) is 17.7 Å². The number of nitrogens with zero attached hydrogens (tertiary/aromatic N) is 1. The third kappa shape index (κ3) is 10.4. The number of rotatable bonds is 15. The SMILES string of the molecule is C=C.C=CC(C)CC#Cc1ccc(C2[C@@H](CCC(CC)c3ccc(C)cc3)C(=O)N2c2ccc(/C=C/CCCCSC)cc2)cc1. The van der Waals surface area contributed by atoms with Crippen LogP contribution in [0.1, 0.15) is 98.6 Å². The highest BCUT2D eigenvalue weighted by molar-refractivity contribution is 7.98.